The molecule has 0 atom stereocenters. The minimum atomic E-state index is -1.52. The van der Waals surface area contributed by atoms with Gasteiger partial charge in [0.05, 0.1) is 0 Å². The van der Waals surface area contributed by atoms with E-state index in [9.17, 15) is 0 Å². The van der Waals surface area contributed by atoms with E-state index >= 15 is 0 Å². The van der Waals surface area contributed by atoms with Crippen LogP contribution in [0, 0.1) is 0 Å². The molecule has 2 aromatic rings. The Morgan fingerprint density at radius 1 is 0.789 bits per heavy atom. The number of rotatable bonds is 5. The summed E-state index contributed by atoms with van der Waals surface area (Å²) in [7, 11) is -0.768. The fraction of sp³-hybridized carbons (Fsp3) is 0.143. The maximum atomic E-state index is 5.88. The van der Waals surface area contributed by atoms with E-state index in [1.165, 1.54) is 10.4 Å². The van der Waals surface area contributed by atoms with E-state index in [4.69, 9.17) is 27.3 Å². The molecular weight excluding hydrogens is 311 g/mol. The third-order valence-electron chi connectivity index (χ3n) is 3.11. The van der Waals surface area contributed by atoms with E-state index in [0.29, 0.717) is 11.8 Å². The second-order valence-electron chi connectivity index (χ2n) is 4.37. The molecule has 0 bridgehead atoms. The maximum absolute atomic E-state index is 5.88. The Kier molecular flexibility index (Phi) is 5.66. The van der Waals surface area contributed by atoms with Crippen LogP contribution in [0.15, 0.2) is 48.5 Å². The molecule has 1 nitrogen and oxygen atoms in total. The van der Waals surface area contributed by atoms with Crippen molar-refractivity contribution in [2.24, 2.45) is 0 Å². The van der Waals surface area contributed by atoms with Gasteiger partial charge in [0.1, 0.15) is 10.5 Å². The summed E-state index contributed by atoms with van der Waals surface area (Å²) in [5.41, 5.74) is 2.29. The quantitative estimate of drug-likeness (QED) is 0.594. The van der Waals surface area contributed by atoms with Gasteiger partial charge >= 0.3 is 0 Å². The van der Waals surface area contributed by atoms with Crippen LogP contribution < -0.4 is 10.4 Å². The highest BCUT2D eigenvalue weighted by atomic mass is 35.5. The van der Waals surface area contributed by atoms with Crippen molar-refractivity contribution < 1.29 is 4.12 Å². The first-order chi connectivity index (χ1) is 9.28. The van der Waals surface area contributed by atoms with Gasteiger partial charge in [0.2, 0.25) is 9.04 Å². The Morgan fingerprint density at radius 2 is 1.16 bits per heavy atom. The van der Waals surface area contributed by atoms with Gasteiger partial charge in [0, 0.05) is 11.8 Å². The molecule has 0 amide bonds. The van der Waals surface area contributed by atoms with Crippen LogP contribution >= 0.6 is 23.2 Å². The van der Waals surface area contributed by atoms with Gasteiger partial charge in [-0.2, -0.15) is 0 Å². The Balaban J connectivity index is 2.26. The summed E-state index contributed by atoms with van der Waals surface area (Å²) in [6, 6.07) is 16.9. The standard InChI is InChI=1S/C14H16Cl2OSi2/c15-9-11-1-5-13(6-2-11)19(17-18)14-7-3-12(10-16)4-8-14/h1-8,19H,9-10H2,18H3. The van der Waals surface area contributed by atoms with Gasteiger partial charge in [0.25, 0.3) is 0 Å². The van der Waals surface area contributed by atoms with Crippen molar-refractivity contribution in [2.45, 2.75) is 11.8 Å². The number of hydrogen-bond donors (Lipinski definition) is 0. The van der Waals surface area contributed by atoms with Crippen LogP contribution in [0.2, 0.25) is 0 Å². The van der Waals surface area contributed by atoms with Crippen molar-refractivity contribution in [3.63, 3.8) is 0 Å². The van der Waals surface area contributed by atoms with Gasteiger partial charge in [0.15, 0.2) is 0 Å². The van der Waals surface area contributed by atoms with E-state index in [1.807, 2.05) is 0 Å². The van der Waals surface area contributed by atoms with Gasteiger partial charge in [-0.3, -0.25) is 0 Å². The molecule has 0 aliphatic carbocycles. The first-order valence-electron chi connectivity index (χ1n) is 6.11. The third-order valence-corrected chi connectivity index (χ3v) is 7.59. The van der Waals surface area contributed by atoms with Crippen molar-refractivity contribution in [2.75, 3.05) is 0 Å². The molecule has 0 spiro atoms. The van der Waals surface area contributed by atoms with Gasteiger partial charge in [-0.15, -0.1) is 23.2 Å². The minimum absolute atomic E-state index is 0.554. The van der Waals surface area contributed by atoms with E-state index in [0.717, 1.165) is 21.6 Å². The average molecular weight is 327 g/mol. The SMILES string of the molecule is [SiH3]O[SiH](c1ccc(CCl)cc1)c1ccc(CCl)cc1. The van der Waals surface area contributed by atoms with Crippen molar-refractivity contribution in [3.05, 3.63) is 59.7 Å². The molecule has 0 aliphatic heterocycles. The molecule has 5 heteroatoms. The lowest BCUT2D eigenvalue weighted by atomic mass is 10.2. The van der Waals surface area contributed by atoms with Gasteiger partial charge in [-0.1, -0.05) is 48.5 Å². The fourth-order valence-electron chi connectivity index (χ4n) is 2.03. The largest absolute Gasteiger partial charge is 0.459 e. The van der Waals surface area contributed by atoms with Crippen LogP contribution in [0.5, 0.6) is 0 Å². The van der Waals surface area contributed by atoms with Crippen LogP contribution in [-0.2, 0) is 15.9 Å². The predicted molar refractivity (Wildman–Crippen MR) is 89.4 cm³/mol. The van der Waals surface area contributed by atoms with Crippen molar-refractivity contribution >= 4 is 53.1 Å². The first kappa shape index (κ1) is 14.8. The second-order valence-corrected chi connectivity index (χ2v) is 8.88. The Labute approximate surface area is 128 Å². The van der Waals surface area contributed by atoms with Crippen LogP contribution in [0.1, 0.15) is 11.1 Å². The summed E-state index contributed by atoms with van der Waals surface area (Å²) in [6.07, 6.45) is 0. The number of hydrogen-bond acceptors (Lipinski definition) is 1. The van der Waals surface area contributed by atoms with Crippen LogP contribution in [0.3, 0.4) is 0 Å². The summed E-state index contributed by atoms with van der Waals surface area (Å²) in [5, 5.41) is 2.59. The maximum Gasteiger partial charge on any atom is 0.227 e. The number of alkyl halides is 2. The summed E-state index contributed by atoms with van der Waals surface area (Å²) in [4.78, 5) is 0. The summed E-state index contributed by atoms with van der Waals surface area (Å²) in [5.74, 6) is 1.11. The minimum Gasteiger partial charge on any atom is -0.459 e. The molecule has 0 saturated heterocycles. The summed E-state index contributed by atoms with van der Waals surface area (Å²) < 4.78 is 5.88. The van der Waals surface area contributed by atoms with E-state index < -0.39 is 9.04 Å². The second kappa shape index (κ2) is 7.26. The topological polar surface area (TPSA) is 9.23 Å². The number of halogens is 2. The molecular formula is C14H16Cl2OSi2. The molecule has 100 valence electrons. The zero-order chi connectivity index (χ0) is 13.7. The molecule has 2 rings (SSSR count). The molecule has 0 radical (unpaired) electrons. The molecule has 0 fully saturated rings. The molecule has 0 N–H and O–H groups in total. The van der Waals surface area contributed by atoms with Crippen LogP contribution in [0.25, 0.3) is 0 Å². The van der Waals surface area contributed by atoms with Crippen LogP contribution in [-0.4, -0.2) is 19.5 Å². The fourth-order valence-corrected chi connectivity index (χ4v) is 6.03. The lowest BCUT2D eigenvalue weighted by Gasteiger charge is -2.15. The zero-order valence-corrected chi connectivity index (χ0v) is 15.4. The smallest absolute Gasteiger partial charge is 0.227 e. The summed E-state index contributed by atoms with van der Waals surface area (Å²) >= 11 is 11.6. The molecule has 19 heavy (non-hydrogen) atoms. The molecule has 0 aromatic heterocycles. The van der Waals surface area contributed by atoms with Gasteiger partial charge in [-0.05, 0) is 21.5 Å². The van der Waals surface area contributed by atoms with Crippen molar-refractivity contribution in [1.82, 2.24) is 0 Å². The number of benzene rings is 2. The third kappa shape index (κ3) is 3.71. The van der Waals surface area contributed by atoms with Gasteiger partial charge < -0.3 is 4.12 Å². The van der Waals surface area contributed by atoms with Crippen molar-refractivity contribution in [1.29, 1.82) is 0 Å². The molecule has 0 saturated carbocycles. The normalized spacial score (nSPS) is 11.1. The molecule has 0 heterocycles. The lowest BCUT2D eigenvalue weighted by molar-refractivity contribution is 0.661. The Hall–Kier alpha value is -0.586. The first-order valence-corrected chi connectivity index (χ1v) is 9.62. The van der Waals surface area contributed by atoms with Crippen molar-refractivity contribution in [3.8, 4) is 0 Å². The van der Waals surface area contributed by atoms with E-state index in [2.05, 4.69) is 48.5 Å². The highest BCUT2D eigenvalue weighted by molar-refractivity contribution is 6.81. The zero-order valence-electron chi connectivity index (χ0n) is 10.8. The molecule has 0 unspecified atom stereocenters. The van der Waals surface area contributed by atoms with Gasteiger partial charge in [-0.25, -0.2) is 0 Å². The molecule has 0 aliphatic rings. The lowest BCUT2D eigenvalue weighted by Crippen LogP contribution is -2.44. The highest BCUT2D eigenvalue weighted by Crippen LogP contribution is 2.04. The molecule has 2 aromatic carbocycles. The van der Waals surface area contributed by atoms with E-state index in [1.54, 1.807) is 0 Å². The highest BCUT2D eigenvalue weighted by Gasteiger charge is 2.15. The monoisotopic (exact) mass is 326 g/mol. The average Bonchev–Trinajstić information content (AvgIpc) is 2.49. The summed E-state index contributed by atoms with van der Waals surface area (Å²) in [6.45, 7) is 0. The van der Waals surface area contributed by atoms with E-state index in [-0.39, 0.29) is 0 Å². The Bertz CT molecular complexity index is 466. The Morgan fingerprint density at radius 3 is 1.42 bits per heavy atom. The van der Waals surface area contributed by atoms with Crippen LogP contribution in [0.4, 0.5) is 0 Å². The predicted octanol–water partition coefficient (Wildman–Crippen LogP) is 1.30.